The molecule has 0 saturated carbocycles. The van der Waals surface area contributed by atoms with Gasteiger partial charge in [-0.3, -0.25) is 10.3 Å². The molecule has 0 saturated heterocycles. The van der Waals surface area contributed by atoms with Crippen LogP contribution in [-0.2, 0) is 4.84 Å². The SMILES string of the molecule is CC(C)N/N=N\OC(F)(F)F. The van der Waals surface area contributed by atoms with Gasteiger partial charge in [-0.1, -0.05) is 0 Å². The summed E-state index contributed by atoms with van der Waals surface area (Å²) in [7, 11) is 0. The summed E-state index contributed by atoms with van der Waals surface area (Å²) in [6.45, 7) is 3.40. The number of hydrogen-bond donors (Lipinski definition) is 1. The Hall–Kier alpha value is -1.01. The van der Waals surface area contributed by atoms with E-state index in [1.54, 1.807) is 13.8 Å². The minimum Gasteiger partial charge on any atom is -0.286 e. The third kappa shape index (κ3) is 8.99. The zero-order chi connectivity index (χ0) is 8.91. The highest BCUT2D eigenvalue weighted by molar-refractivity contribution is 4.41. The first-order chi connectivity index (χ1) is 4.92. The summed E-state index contributed by atoms with van der Waals surface area (Å²) in [4.78, 5) is 2.98. The molecule has 0 rings (SSSR count). The molecule has 0 aliphatic carbocycles. The molecule has 7 heteroatoms. The average Bonchev–Trinajstić information content (AvgIpc) is 1.78. The molecule has 0 fully saturated rings. The monoisotopic (exact) mass is 171 g/mol. The van der Waals surface area contributed by atoms with Crippen LogP contribution in [-0.4, -0.2) is 12.4 Å². The van der Waals surface area contributed by atoms with Gasteiger partial charge in [0.1, 0.15) is 0 Å². The van der Waals surface area contributed by atoms with E-state index in [1.165, 1.54) is 0 Å². The smallest absolute Gasteiger partial charge is 0.286 e. The van der Waals surface area contributed by atoms with Crippen molar-refractivity contribution in [2.45, 2.75) is 26.3 Å². The maximum absolute atomic E-state index is 11.2. The van der Waals surface area contributed by atoms with Crippen molar-refractivity contribution in [3.8, 4) is 0 Å². The van der Waals surface area contributed by atoms with Crippen LogP contribution in [0.3, 0.4) is 0 Å². The molecule has 0 heterocycles. The van der Waals surface area contributed by atoms with Gasteiger partial charge in [-0.05, 0) is 19.1 Å². The number of rotatable bonds is 3. The molecule has 0 amide bonds. The Morgan fingerprint density at radius 2 is 1.91 bits per heavy atom. The highest BCUT2D eigenvalue weighted by atomic mass is 19.4. The summed E-state index contributed by atoms with van der Waals surface area (Å²) in [6.07, 6.45) is -4.76. The number of nitrogens with zero attached hydrogens (tertiary/aromatic N) is 2. The van der Waals surface area contributed by atoms with Crippen molar-refractivity contribution in [2.75, 3.05) is 0 Å². The second kappa shape index (κ2) is 3.99. The van der Waals surface area contributed by atoms with Gasteiger partial charge in [0.15, 0.2) is 0 Å². The summed E-state index contributed by atoms with van der Waals surface area (Å²) in [6, 6.07) is -0.0735. The Kier molecular flexibility index (Phi) is 3.63. The molecule has 66 valence electrons. The molecule has 1 N–H and O–H groups in total. The summed E-state index contributed by atoms with van der Waals surface area (Å²) < 4.78 is 33.5. The van der Waals surface area contributed by atoms with Crippen molar-refractivity contribution in [2.24, 2.45) is 10.5 Å². The molecule has 0 aliphatic rings. The molecule has 0 spiro atoms. The van der Waals surface area contributed by atoms with Crippen LogP contribution in [0.25, 0.3) is 0 Å². The standard InChI is InChI=1S/C4H8F3N3O/c1-3(2)8-9-10-11-4(5,6)7/h3H,1-2H3,(H,8,10). The Balaban J connectivity index is 3.46. The molecular weight excluding hydrogens is 163 g/mol. The van der Waals surface area contributed by atoms with E-state index in [9.17, 15) is 13.2 Å². The van der Waals surface area contributed by atoms with E-state index in [0.717, 1.165) is 0 Å². The van der Waals surface area contributed by atoms with Crippen molar-refractivity contribution in [1.82, 2.24) is 5.43 Å². The second-order valence-corrected chi connectivity index (χ2v) is 2.00. The fraction of sp³-hybridized carbons (Fsp3) is 1.00. The van der Waals surface area contributed by atoms with Crippen LogP contribution in [0.15, 0.2) is 10.5 Å². The van der Waals surface area contributed by atoms with Crippen molar-refractivity contribution in [1.29, 1.82) is 0 Å². The Morgan fingerprint density at radius 3 is 2.27 bits per heavy atom. The lowest BCUT2D eigenvalue weighted by molar-refractivity contribution is -0.329. The van der Waals surface area contributed by atoms with Crippen molar-refractivity contribution >= 4 is 0 Å². The summed E-state index contributed by atoms with van der Waals surface area (Å²) >= 11 is 0. The van der Waals surface area contributed by atoms with Gasteiger partial charge in [-0.2, -0.15) is 0 Å². The Morgan fingerprint density at radius 1 is 1.36 bits per heavy atom. The lowest BCUT2D eigenvalue weighted by atomic mass is 10.4. The molecule has 4 nitrogen and oxygen atoms in total. The lowest BCUT2D eigenvalue weighted by Crippen LogP contribution is -2.16. The summed E-state index contributed by atoms with van der Waals surface area (Å²) in [5.74, 6) is 0. The van der Waals surface area contributed by atoms with Crippen LogP contribution in [0, 0.1) is 0 Å². The van der Waals surface area contributed by atoms with E-state index in [-0.39, 0.29) is 6.04 Å². The molecule has 0 bridgehead atoms. The van der Waals surface area contributed by atoms with E-state index in [1.807, 2.05) is 0 Å². The van der Waals surface area contributed by atoms with E-state index in [4.69, 9.17) is 0 Å². The molecule has 0 unspecified atom stereocenters. The third-order valence-electron chi connectivity index (χ3n) is 0.501. The first-order valence-corrected chi connectivity index (χ1v) is 2.82. The van der Waals surface area contributed by atoms with Gasteiger partial charge >= 0.3 is 6.36 Å². The first kappa shape index (κ1) is 9.99. The number of nitrogens with one attached hydrogen (secondary N) is 1. The molecular formula is C4H8F3N3O. The van der Waals surface area contributed by atoms with Crippen LogP contribution in [0.5, 0.6) is 0 Å². The minimum absolute atomic E-state index is 0.0735. The van der Waals surface area contributed by atoms with Gasteiger partial charge in [-0.15, -0.1) is 13.2 Å². The van der Waals surface area contributed by atoms with E-state index in [2.05, 4.69) is 20.8 Å². The van der Waals surface area contributed by atoms with Crippen LogP contribution in [0.2, 0.25) is 0 Å². The van der Waals surface area contributed by atoms with E-state index in [0.29, 0.717) is 0 Å². The van der Waals surface area contributed by atoms with Crippen molar-refractivity contribution in [3.63, 3.8) is 0 Å². The van der Waals surface area contributed by atoms with E-state index >= 15 is 0 Å². The molecule has 11 heavy (non-hydrogen) atoms. The van der Waals surface area contributed by atoms with Gasteiger partial charge in [-0.25, -0.2) is 0 Å². The van der Waals surface area contributed by atoms with Gasteiger partial charge < -0.3 is 0 Å². The highest BCUT2D eigenvalue weighted by Crippen LogP contribution is 2.15. The van der Waals surface area contributed by atoms with Crippen LogP contribution in [0.1, 0.15) is 13.8 Å². The normalized spacial score (nSPS) is 12.5. The predicted octanol–water partition coefficient (Wildman–Crippen LogP) is 1.80. The van der Waals surface area contributed by atoms with Crippen molar-refractivity contribution < 1.29 is 18.0 Å². The van der Waals surface area contributed by atoms with Crippen LogP contribution >= 0.6 is 0 Å². The molecule has 0 aromatic heterocycles. The van der Waals surface area contributed by atoms with Crippen molar-refractivity contribution in [3.05, 3.63) is 0 Å². The molecule has 0 aliphatic heterocycles. The topological polar surface area (TPSA) is 46.0 Å². The average molecular weight is 171 g/mol. The first-order valence-electron chi connectivity index (χ1n) is 2.82. The molecule has 0 radical (unpaired) electrons. The maximum Gasteiger partial charge on any atom is 0.594 e. The predicted molar refractivity (Wildman–Crippen MR) is 30.3 cm³/mol. The molecule has 0 aromatic carbocycles. The largest absolute Gasteiger partial charge is 0.594 e. The zero-order valence-corrected chi connectivity index (χ0v) is 6.01. The maximum atomic E-state index is 11.2. The van der Waals surface area contributed by atoms with Gasteiger partial charge in [0, 0.05) is 6.04 Å². The summed E-state index contributed by atoms with van der Waals surface area (Å²) in [5.41, 5.74) is 2.25. The summed E-state index contributed by atoms with van der Waals surface area (Å²) in [5, 5.41) is 5.26. The number of hydrogen-bond acceptors (Lipinski definition) is 3. The van der Waals surface area contributed by atoms with Gasteiger partial charge in [0.05, 0.1) is 5.28 Å². The lowest BCUT2D eigenvalue weighted by Gasteiger charge is -2.01. The Labute approximate surface area is 61.4 Å². The van der Waals surface area contributed by atoms with Gasteiger partial charge in [0.25, 0.3) is 0 Å². The number of alkyl halides is 3. The minimum atomic E-state index is -4.76. The fourth-order valence-corrected chi connectivity index (χ4v) is 0.206. The number of halogens is 3. The van der Waals surface area contributed by atoms with Gasteiger partial charge in [0.2, 0.25) is 0 Å². The van der Waals surface area contributed by atoms with Crippen LogP contribution in [0.4, 0.5) is 13.2 Å². The quantitative estimate of drug-likeness (QED) is 0.519. The molecule has 0 aromatic rings. The van der Waals surface area contributed by atoms with Crippen LogP contribution < -0.4 is 5.43 Å². The second-order valence-electron chi connectivity index (χ2n) is 2.00. The third-order valence-corrected chi connectivity index (χ3v) is 0.501. The van der Waals surface area contributed by atoms with E-state index < -0.39 is 6.36 Å². The molecule has 0 atom stereocenters. The fourth-order valence-electron chi connectivity index (χ4n) is 0.206. The Bertz CT molecular complexity index is 133. The highest BCUT2D eigenvalue weighted by Gasteiger charge is 2.31. The zero-order valence-electron chi connectivity index (χ0n) is 6.01.